The highest BCUT2D eigenvalue weighted by Crippen LogP contribution is 2.18. The lowest BCUT2D eigenvalue weighted by atomic mass is 9.99. The van der Waals surface area contributed by atoms with E-state index >= 15 is 0 Å². The van der Waals surface area contributed by atoms with E-state index in [1.165, 1.54) is 18.2 Å². The van der Waals surface area contributed by atoms with Gasteiger partial charge in [-0.2, -0.15) is 0 Å². The van der Waals surface area contributed by atoms with Crippen LogP contribution in [0.4, 0.5) is 10.5 Å². The average Bonchev–Trinajstić information content (AvgIpc) is 2.48. The van der Waals surface area contributed by atoms with Gasteiger partial charge in [0.1, 0.15) is 0 Å². The Morgan fingerprint density at radius 2 is 2.30 bits per heavy atom. The van der Waals surface area contributed by atoms with E-state index in [1.807, 2.05) is 0 Å². The number of carbonyl (C=O) groups is 2. The molecular formula is C13H17N3O4. The number of pyridine rings is 1. The average molecular weight is 279 g/mol. The Morgan fingerprint density at radius 3 is 2.90 bits per heavy atom. The van der Waals surface area contributed by atoms with Crippen molar-refractivity contribution in [3.63, 3.8) is 0 Å². The van der Waals surface area contributed by atoms with Gasteiger partial charge in [-0.3, -0.25) is 4.79 Å². The summed E-state index contributed by atoms with van der Waals surface area (Å²) < 4.78 is 4.93. The van der Waals surface area contributed by atoms with E-state index in [0.717, 1.165) is 0 Å². The van der Waals surface area contributed by atoms with Gasteiger partial charge in [-0.25, -0.2) is 9.78 Å². The van der Waals surface area contributed by atoms with Crippen molar-refractivity contribution in [2.75, 3.05) is 25.5 Å². The van der Waals surface area contributed by atoms with Crippen LogP contribution in [-0.2, 0) is 4.79 Å². The monoisotopic (exact) mass is 279 g/mol. The summed E-state index contributed by atoms with van der Waals surface area (Å²) in [7, 11) is 1.51. The summed E-state index contributed by atoms with van der Waals surface area (Å²) in [5.41, 5.74) is 0.549. The number of carboxylic acid groups (broad SMARTS) is 1. The number of ether oxygens (including phenoxy) is 1. The van der Waals surface area contributed by atoms with Crippen LogP contribution in [0.5, 0.6) is 5.88 Å². The van der Waals surface area contributed by atoms with Crippen LogP contribution in [0.1, 0.15) is 12.8 Å². The van der Waals surface area contributed by atoms with Crippen molar-refractivity contribution in [3.05, 3.63) is 18.3 Å². The molecule has 1 aromatic rings. The molecule has 1 fully saturated rings. The van der Waals surface area contributed by atoms with Crippen LogP contribution < -0.4 is 10.1 Å². The Kier molecular flexibility index (Phi) is 4.39. The molecule has 7 heteroatoms. The largest absolute Gasteiger partial charge is 0.481 e. The quantitative estimate of drug-likeness (QED) is 0.873. The number of hydrogen-bond acceptors (Lipinski definition) is 4. The van der Waals surface area contributed by atoms with Crippen molar-refractivity contribution in [1.29, 1.82) is 0 Å². The topological polar surface area (TPSA) is 91.8 Å². The first kappa shape index (κ1) is 14.1. The van der Waals surface area contributed by atoms with Crippen LogP contribution >= 0.6 is 0 Å². The summed E-state index contributed by atoms with van der Waals surface area (Å²) >= 11 is 0. The van der Waals surface area contributed by atoms with E-state index in [1.54, 1.807) is 12.1 Å². The van der Waals surface area contributed by atoms with Gasteiger partial charge in [0.2, 0.25) is 5.88 Å². The van der Waals surface area contributed by atoms with E-state index in [-0.39, 0.29) is 12.6 Å². The molecule has 0 spiro atoms. The number of hydrogen-bond donors (Lipinski definition) is 2. The number of carbonyl (C=O) groups excluding carboxylic acids is 1. The lowest BCUT2D eigenvalue weighted by Gasteiger charge is -2.30. The van der Waals surface area contributed by atoms with Gasteiger partial charge in [0.05, 0.1) is 24.9 Å². The summed E-state index contributed by atoms with van der Waals surface area (Å²) in [5, 5.41) is 11.7. The molecule has 0 aliphatic carbocycles. The zero-order valence-corrected chi connectivity index (χ0v) is 11.2. The van der Waals surface area contributed by atoms with Gasteiger partial charge >= 0.3 is 12.0 Å². The smallest absolute Gasteiger partial charge is 0.321 e. The SMILES string of the molecule is COc1ccc(NC(=O)N2CCC[C@@H](C(=O)O)C2)cn1. The minimum atomic E-state index is -0.853. The first-order valence-corrected chi connectivity index (χ1v) is 6.39. The molecule has 1 atom stereocenters. The second-order valence-corrected chi connectivity index (χ2v) is 4.64. The van der Waals surface area contributed by atoms with Gasteiger partial charge in [-0.1, -0.05) is 0 Å². The molecule has 2 amide bonds. The normalized spacial score (nSPS) is 18.4. The Labute approximate surface area is 116 Å². The molecule has 2 heterocycles. The van der Waals surface area contributed by atoms with Gasteiger partial charge in [-0.15, -0.1) is 0 Å². The number of nitrogens with zero attached hydrogens (tertiary/aromatic N) is 2. The van der Waals surface area contributed by atoms with E-state index in [2.05, 4.69) is 10.3 Å². The molecule has 1 aliphatic heterocycles. The predicted octanol–water partition coefficient (Wildman–Crippen LogP) is 1.42. The van der Waals surface area contributed by atoms with Crippen LogP contribution in [0.15, 0.2) is 18.3 Å². The van der Waals surface area contributed by atoms with Crippen LogP contribution in [-0.4, -0.2) is 47.2 Å². The Balaban J connectivity index is 1.95. The second kappa shape index (κ2) is 6.23. The third kappa shape index (κ3) is 3.37. The number of aliphatic carboxylic acids is 1. The van der Waals surface area contributed by atoms with Crippen molar-refractivity contribution in [2.45, 2.75) is 12.8 Å². The Hall–Kier alpha value is -2.31. The van der Waals surface area contributed by atoms with Gasteiger partial charge in [0.15, 0.2) is 0 Å². The third-order valence-corrected chi connectivity index (χ3v) is 3.25. The molecule has 0 aromatic carbocycles. The highest BCUT2D eigenvalue weighted by atomic mass is 16.5. The number of piperidine rings is 1. The highest BCUT2D eigenvalue weighted by Gasteiger charge is 2.28. The van der Waals surface area contributed by atoms with Crippen molar-refractivity contribution >= 4 is 17.7 Å². The van der Waals surface area contributed by atoms with Crippen LogP contribution in [0.3, 0.4) is 0 Å². The Morgan fingerprint density at radius 1 is 1.50 bits per heavy atom. The lowest BCUT2D eigenvalue weighted by Crippen LogP contribution is -2.44. The number of amides is 2. The number of anilines is 1. The molecule has 20 heavy (non-hydrogen) atoms. The number of rotatable bonds is 3. The number of nitrogens with one attached hydrogen (secondary N) is 1. The molecule has 7 nitrogen and oxygen atoms in total. The summed E-state index contributed by atoms with van der Waals surface area (Å²) in [6.07, 6.45) is 2.81. The van der Waals surface area contributed by atoms with Gasteiger partial charge in [0.25, 0.3) is 0 Å². The third-order valence-electron chi connectivity index (χ3n) is 3.25. The molecule has 1 aromatic heterocycles. The molecule has 2 rings (SSSR count). The first-order chi connectivity index (χ1) is 9.60. The lowest BCUT2D eigenvalue weighted by molar-refractivity contribution is -0.143. The van der Waals surface area contributed by atoms with Gasteiger partial charge in [0, 0.05) is 19.2 Å². The fourth-order valence-electron chi connectivity index (χ4n) is 2.14. The second-order valence-electron chi connectivity index (χ2n) is 4.64. The molecule has 0 bridgehead atoms. The summed E-state index contributed by atoms with van der Waals surface area (Å²) in [5.74, 6) is -0.871. The molecule has 108 valence electrons. The first-order valence-electron chi connectivity index (χ1n) is 6.39. The highest BCUT2D eigenvalue weighted by molar-refractivity contribution is 5.89. The number of urea groups is 1. The van der Waals surface area contributed by atoms with Crippen molar-refractivity contribution < 1.29 is 19.4 Å². The van der Waals surface area contributed by atoms with Gasteiger partial charge < -0.3 is 20.1 Å². The molecule has 2 N–H and O–H groups in total. The van der Waals surface area contributed by atoms with E-state index in [9.17, 15) is 9.59 Å². The maximum atomic E-state index is 12.1. The zero-order chi connectivity index (χ0) is 14.5. The fourth-order valence-corrected chi connectivity index (χ4v) is 2.14. The number of methoxy groups -OCH3 is 1. The molecule has 0 radical (unpaired) electrons. The summed E-state index contributed by atoms with van der Waals surface area (Å²) in [6.45, 7) is 0.809. The van der Waals surface area contributed by atoms with E-state index < -0.39 is 11.9 Å². The van der Waals surface area contributed by atoms with Crippen molar-refractivity contribution in [2.24, 2.45) is 5.92 Å². The van der Waals surface area contributed by atoms with Gasteiger partial charge in [-0.05, 0) is 18.9 Å². The number of likely N-dealkylation sites (tertiary alicyclic amines) is 1. The maximum Gasteiger partial charge on any atom is 0.321 e. The Bertz CT molecular complexity index is 489. The summed E-state index contributed by atoms with van der Waals surface area (Å²) in [4.78, 5) is 28.5. The minimum absolute atomic E-state index is 0.241. The van der Waals surface area contributed by atoms with Crippen LogP contribution in [0.25, 0.3) is 0 Å². The maximum absolute atomic E-state index is 12.1. The molecule has 1 aliphatic rings. The molecule has 1 saturated heterocycles. The predicted molar refractivity (Wildman–Crippen MR) is 71.7 cm³/mol. The van der Waals surface area contributed by atoms with Crippen LogP contribution in [0, 0.1) is 5.92 Å². The zero-order valence-electron chi connectivity index (χ0n) is 11.2. The number of aromatic nitrogens is 1. The van der Waals surface area contributed by atoms with Crippen molar-refractivity contribution in [1.82, 2.24) is 9.88 Å². The van der Waals surface area contributed by atoms with E-state index in [0.29, 0.717) is 31.0 Å². The molecular weight excluding hydrogens is 262 g/mol. The molecule has 0 saturated carbocycles. The van der Waals surface area contributed by atoms with E-state index in [4.69, 9.17) is 9.84 Å². The molecule has 0 unspecified atom stereocenters. The standard InChI is InChI=1S/C13H17N3O4/c1-20-11-5-4-10(7-14-11)15-13(19)16-6-2-3-9(8-16)12(17)18/h4-5,7,9H,2-3,6,8H2,1H3,(H,15,19)(H,17,18)/t9-/m1/s1. The minimum Gasteiger partial charge on any atom is -0.481 e. The number of carboxylic acids is 1. The summed E-state index contributed by atoms with van der Waals surface area (Å²) in [6, 6.07) is 3.02. The van der Waals surface area contributed by atoms with Crippen LogP contribution in [0.2, 0.25) is 0 Å². The van der Waals surface area contributed by atoms with Crippen molar-refractivity contribution in [3.8, 4) is 5.88 Å². The fraction of sp³-hybridized carbons (Fsp3) is 0.462.